The van der Waals surface area contributed by atoms with Crippen molar-refractivity contribution in [2.24, 2.45) is 5.10 Å². The van der Waals surface area contributed by atoms with Crippen molar-refractivity contribution in [3.8, 4) is 11.5 Å². The summed E-state index contributed by atoms with van der Waals surface area (Å²) in [5, 5.41) is 4.29. The fourth-order valence-corrected chi connectivity index (χ4v) is 2.28. The third-order valence-electron chi connectivity index (χ3n) is 3.61. The molecular weight excluding hydrogens is 300 g/mol. The zero-order chi connectivity index (χ0) is 16.9. The van der Waals surface area contributed by atoms with Crippen molar-refractivity contribution in [1.82, 2.24) is 9.66 Å². The Labute approximate surface area is 141 Å². The van der Waals surface area contributed by atoms with E-state index in [1.54, 1.807) is 17.1 Å². The number of benzene rings is 2. The van der Waals surface area contributed by atoms with Gasteiger partial charge in [0.2, 0.25) is 5.95 Å². The molecule has 0 aliphatic rings. The Morgan fingerprint density at radius 2 is 1.71 bits per heavy atom. The van der Waals surface area contributed by atoms with E-state index in [9.17, 15) is 0 Å². The van der Waals surface area contributed by atoms with Crippen LogP contribution in [0.15, 0.2) is 59.8 Å². The molecule has 0 unspecified atom stereocenters. The lowest BCUT2D eigenvalue weighted by Crippen LogP contribution is -1.96. The molecule has 0 amide bonds. The third kappa shape index (κ3) is 3.81. The van der Waals surface area contributed by atoms with Gasteiger partial charge in [-0.05, 0) is 60.9 Å². The van der Waals surface area contributed by atoms with Crippen LogP contribution in [0.1, 0.15) is 23.7 Å². The molecule has 0 atom stereocenters. The molecule has 1 aromatic heterocycles. The van der Waals surface area contributed by atoms with Gasteiger partial charge in [0.25, 0.3) is 0 Å². The Morgan fingerprint density at radius 3 is 2.25 bits per heavy atom. The van der Waals surface area contributed by atoms with Crippen molar-refractivity contribution in [3.63, 3.8) is 0 Å². The topological polar surface area (TPSA) is 65.4 Å². The lowest BCUT2D eigenvalue weighted by Gasteiger charge is -2.06. The third-order valence-corrected chi connectivity index (χ3v) is 3.61. The largest absolute Gasteiger partial charge is 0.457 e. The number of hydrogen-bond donors (Lipinski definition) is 1. The molecule has 1 heterocycles. The maximum atomic E-state index is 5.84. The normalized spacial score (nSPS) is 11.1. The lowest BCUT2D eigenvalue weighted by atomic mass is 10.2. The van der Waals surface area contributed by atoms with Crippen LogP contribution in [0, 0.1) is 6.92 Å². The first kappa shape index (κ1) is 15.8. The van der Waals surface area contributed by atoms with Gasteiger partial charge >= 0.3 is 0 Å². The van der Waals surface area contributed by atoms with Crippen LogP contribution < -0.4 is 10.5 Å². The first-order chi connectivity index (χ1) is 11.6. The second-order valence-corrected chi connectivity index (χ2v) is 5.50. The second-order valence-electron chi connectivity index (χ2n) is 5.50. The summed E-state index contributed by atoms with van der Waals surface area (Å²) in [6.45, 7) is 4.01. The molecule has 0 spiro atoms. The molecule has 3 rings (SSSR count). The van der Waals surface area contributed by atoms with Gasteiger partial charge in [0.15, 0.2) is 0 Å². The van der Waals surface area contributed by atoms with Crippen LogP contribution in [-0.4, -0.2) is 15.9 Å². The quantitative estimate of drug-likeness (QED) is 0.722. The smallest absolute Gasteiger partial charge is 0.221 e. The molecular formula is C19H20N4O. The number of anilines is 1. The summed E-state index contributed by atoms with van der Waals surface area (Å²) < 4.78 is 7.39. The standard InChI is InChI=1S/C19H20N4O/c1-3-15-4-8-17(9-5-15)24-18-10-6-16(7-11-18)12-21-23-13-14(2)22-19(23)20/h4-13H,3H2,1-2H3,(H2,20,22). The van der Waals surface area contributed by atoms with Gasteiger partial charge in [0.05, 0.1) is 18.1 Å². The second kappa shape index (κ2) is 7.00. The molecule has 24 heavy (non-hydrogen) atoms. The van der Waals surface area contributed by atoms with Gasteiger partial charge < -0.3 is 10.5 Å². The Balaban J connectivity index is 1.67. The molecule has 0 aliphatic heterocycles. The zero-order valence-electron chi connectivity index (χ0n) is 13.8. The van der Waals surface area contributed by atoms with E-state index in [1.807, 2.05) is 43.3 Å². The highest BCUT2D eigenvalue weighted by Gasteiger charge is 2.00. The fourth-order valence-electron chi connectivity index (χ4n) is 2.28. The van der Waals surface area contributed by atoms with Crippen LogP contribution in [0.2, 0.25) is 0 Å². The lowest BCUT2D eigenvalue weighted by molar-refractivity contribution is 0.482. The summed E-state index contributed by atoms with van der Waals surface area (Å²) >= 11 is 0. The van der Waals surface area contributed by atoms with E-state index in [1.165, 1.54) is 5.56 Å². The molecule has 5 nitrogen and oxygen atoms in total. The van der Waals surface area contributed by atoms with Gasteiger partial charge in [0, 0.05) is 0 Å². The number of nitrogens with zero attached hydrogens (tertiary/aromatic N) is 3. The predicted molar refractivity (Wildman–Crippen MR) is 96.7 cm³/mol. The number of ether oxygens (including phenoxy) is 1. The molecule has 122 valence electrons. The maximum Gasteiger partial charge on any atom is 0.221 e. The Hall–Kier alpha value is -3.08. The van der Waals surface area contributed by atoms with Crippen LogP contribution in [-0.2, 0) is 6.42 Å². The van der Waals surface area contributed by atoms with E-state index in [4.69, 9.17) is 10.5 Å². The number of aryl methyl sites for hydroxylation is 2. The molecule has 0 aliphatic carbocycles. The van der Waals surface area contributed by atoms with Gasteiger partial charge in [-0.1, -0.05) is 19.1 Å². The molecule has 0 saturated heterocycles. The molecule has 0 fully saturated rings. The Bertz CT molecular complexity index is 833. The van der Waals surface area contributed by atoms with Crippen molar-refractivity contribution in [2.45, 2.75) is 20.3 Å². The number of imidazole rings is 1. The molecule has 2 aromatic carbocycles. The maximum absolute atomic E-state index is 5.84. The summed E-state index contributed by atoms with van der Waals surface area (Å²) in [5.74, 6) is 1.99. The Kier molecular flexibility index (Phi) is 4.61. The highest BCUT2D eigenvalue weighted by atomic mass is 16.5. The summed E-state index contributed by atoms with van der Waals surface area (Å²) in [4.78, 5) is 4.10. The number of rotatable bonds is 5. The molecule has 2 N–H and O–H groups in total. The van der Waals surface area contributed by atoms with E-state index in [-0.39, 0.29) is 0 Å². The first-order valence-electron chi connectivity index (χ1n) is 7.86. The van der Waals surface area contributed by atoms with Gasteiger partial charge in [-0.3, -0.25) is 0 Å². The minimum atomic E-state index is 0.374. The van der Waals surface area contributed by atoms with E-state index < -0.39 is 0 Å². The average Bonchev–Trinajstić information content (AvgIpc) is 2.92. The molecule has 0 bridgehead atoms. The number of nitrogens with two attached hydrogens (primary N) is 1. The van der Waals surface area contributed by atoms with Gasteiger partial charge in [-0.15, -0.1) is 0 Å². The van der Waals surface area contributed by atoms with Crippen LogP contribution in [0.25, 0.3) is 0 Å². The predicted octanol–water partition coefficient (Wildman–Crippen LogP) is 4.01. The van der Waals surface area contributed by atoms with Crippen molar-refractivity contribution >= 4 is 12.2 Å². The van der Waals surface area contributed by atoms with Crippen molar-refractivity contribution in [3.05, 3.63) is 71.5 Å². The summed E-state index contributed by atoms with van der Waals surface area (Å²) in [6.07, 6.45) is 4.54. The van der Waals surface area contributed by atoms with E-state index in [0.29, 0.717) is 5.95 Å². The molecule has 3 aromatic rings. The van der Waals surface area contributed by atoms with Crippen LogP contribution in [0.4, 0.5) is 5.95 Å². The van der Waals surface area contributed by atoms with Crippen molar-refractivity contribution in [1.29, 1.82) is 0 Å². The van der Waals surface area contributed by atoms with Crippen molar-refractivity contribution < 1.29 is 4.74 Å². The van der Waals surface area contributed by atoms with Crippen LogP contribution in [0.3, 0.4) is 0 Å². The van der Waals surface area contributed by atoms with Crippen LogP contribution >= 0.6 is 0 Å². The SMILES string of the molecule is CCc1ccc(Oc2ccc(C=Nn3cc(C)nc3N)cc2)cc1. The first-order valence-corrected chi connectivity index (χ1v) is 7.86. The van der Waals surface area contributed by atoms with E-state index in [2.05, 4.69) is 29.1 Å². The number of hydrogen-bond acceptors (Lipinski definition) is 4. The molecule has 5 heteroatoms. The van der Waals surface area contributed by atoms with Gasteiger partial charge in [0.1, 0.15) is 11.5 Å². The van der Waals surface area contributed by atoms with E-state index >= 15 is 0 Å². The summed E-state index contributed by atoms with van der Waals surface area (Å²) in [5.41, 5.74) is 8.84. The Morgan fingerprint density at radius 1 is 1.08 bits per heavy atom. The number of nitrogen functional groups attached to an aromatic ring is 1. The molecule has 0 saturated carbocycles. The minimum absolute atomic E-state index is 0.374. The van der Waals surface area contributed by atoms with Gasteiger partial charge in [-0.25, -0.2) is 9.66 Å². The number of aromatic nitrogens is 2. The van der Waals surface area contributed by atoms with E-state index in [0.717, 1.165) is 29.2 Å². The summed E-state index contributed by atoms with van der Waals surface area (Å²) in [6, 6.07) is 15.8. The highest BCUT2D eigenvalue weighted by molar-refractivity contribution is 5.79. The monoisotopic (exact) mass is 320 g/mol. The van der Waals surface area contributed by atoms with Crippen molar-refractivity contribution in [2.75, 3.05) is 5.73 Å². The molecule has 0 radical (unpaired) electrons. The van der Waals surface area contributed by atoms with Gasteiger partial charge in [-0.2, -0.15) is 5.10 Å². The summed E-state index contributed by atoms with van der Waals surface area (Å²) in [7, 11) is 0. The minimum Gasteiger partial charge on any atom is -0.457 e. The average molecular weight is 320 g/mol. The zero-order valence-corrected chi connectivity index (χ0v) is 13.8. The van der Waals surface area contributed by atoms with Crippen LogP contribution in [0.5, 0.6) is 11.5 Å². The fraction of sp³-hybridized carbons (Fsp3) is 0.158. The highest BCUT2D eigenvalue weighted by Crippen LogP contribution is 2.22.